The van der Waals surface area contributed by atoms with Gasteiger partial charge in [-0.25, -0.2) is 4.98 Å². The molecule has 8 nitrogen and oxygen atoms in total. The summed E-state index contributed by atoms with van der Waals surface area (Å²) in [6.07, 6.45) is 1.01. The minimum atomic E-state index is -0.865. The highest BCUT2D eigenvalue weighted by Gasteiger charge is 2.58. The number of fused-ring (bicyclic) bond motifs is 1. The van der Waals surface area contributed by atoms with Crippen molar-refractivity contribution in [1.82, 2.24) is 9.97 Å². The Balaban J connectivity index is 1.66. The van der Waals surface area contributed by atoms with Gasteiger partial charge in [0.15, 0.2) is 5.78 Å². The molecule has 2 aromatic carbocycles. The number of para-hydroxylation sites is 2. The van der Waals surface area contributed by atoms with Crippen molar-refractivity contribution in [3.63, 3.8) is 0 Å². The summed E-state index contributed by atoms with van der Waals surface area (Å²) in [5.41, 5.74) is 1.45. The van der Waals surface area contributed by atoms with E-state index in [1.165, 1.54) is 0 Å². The van der Waals surface area contributed by atoms with Gasteiger partial charge in [0.25, 0.3) is 0 Å². The summed E-state index contributed by atoms with van der Waals surface area (Å²) in [5.74, 6) is 1.10. The van der Waals surface area contributed by atoms with Crippen LogP contribution < -0.4 is 14.4 Å². The van der Waals surface area contributed by atoms with Gasteiger partial charge in [0.2, 0.25) is 0 Å². The minimum Gasteiger partial charge on any atom is -0.497 e. The first-order valence-corrected chi connectivity index (χ1v) is 10.3. The summed E-state index contributed by atoms with van der Waals surface area (Å²) in [5, 5.41) is 9.08. The molecule has 2 aliphatic rings. The van der Waals surface area contributed by atoms with Gasteiger partial charge >= 0.3 is 0 Å². The Morgan fingerprint density at radius 1 is 1.13 bits per heavy atom. The van der Waals surface area contributed by atoms with E-state index in [0.717, 1.165) is 11.0 Å². The van der Waals surface area contributed by atoms with Crippen molar-refractivity contribution < 1.29 is 19.0 Å². The third-order valence-corrected chi connectivity index (χ3v) is 6.26. The standard InChI is InChI=1S/C23H24N4O4/c1-29-15-11-14(12-16(13-15)30-2)27-21(24)19(20(28)23(27)7-9-31-10-8-23)22-25-17-5-3-4-6-18(17)26-22/h3-6,11-13,19,24H,7-10H2,1-2H3,(H,25,26). The quantitative estimate of drug-likeness (QED) is 0.672. The second-order valence-electron chi connectivity index (χ2n) is 7.87. The maximum atomic E-state index is 13.9. The van der Waals surface area contributed by atoms with Gasteiger partial charge in [-0.15, -0.1) is 0 Å². The fraction of sp³-hybridized carbons (Fsp3) is 0.348. The van der Waals surface area contributed by atoms with Crippen molar-refractivity contribution in [2.75, 3.05) is 32.3 Å². The van der Waals surface area contributed by atoms with Gasteiger partial charge in [-0.2, -0.15) is 0 Å². The number of carbonyl (C=O) groups excluding carboxylic acids is 1. The van der Waals surface area contributed by atoms with Crippen molar-refractivity contribution in [2.45, 2.75) is 24.3 Å². The van der Waals surface area contributed by atoms with Gasteiger partial charge in [0, 0.05) is 44.3 Å². The molecule has 0 bridgehead atoms. The van der Waals surface area contributed by atoms with Gasteiger partial charge in [0.1, 0.15) is 34.6 Å². The Kier molecular flexibility index (Phi) is 4.66. The maximum absolute atomic E-state index is 13.9. The zero-order valence-corrected chi connectivity index (χ0v) is 17.5. The number of H-pyrrole nitrogens is 1. The molecular formula is C23H24N4O4. The van der Waals surface area contributed by atoms with Crippen molar-refractivity contribution >= 4 is 28.3 Å². The van der Waals surface area contributed by atoms with Crippen LogP contribution in [0.15, 0.2) is 42.5 Å². The number of Topliss-reactive ketones (excluding diaryl/α,β-unsaturated/α-hetero) is 1. The van der Waals surface area contributed by atoms with Crippen LogP contribution in [-0.4, -0.2) is 54.6 Å². The molecule has 5 rings (SSSR count). The summed E-state index contributed by atoms with van der Waals surface area (Å²) >= 11 is 0. The molecule has 2 aliphatic heterocycles. The number of imidazole rings is 1. The van der Waals surface area contributed by atoms with E-state index in [1.807, 2.05) is 41.3 Å². The van der Waals surface area contributed by atoms with Crippen molar-refractivity contribution in [3.8, 4) is 11.5 Å². The summed E-state index contributed by atoms with van der Waals surface area (Å²) < 4.78 is 16.5. The van der Waals surface area contributed by atoms with Crippen LogP contribution in [0.5, 0.6) is 11.5 Å². The molecule has 2 saturated heterocycles. The molecule has 0 aliphatic carbocycles. The smallest absolute Gasteiger partial charge is 0.177 e. The lowest BCUT2D eigenvalue weighted by molar-refractivity contribution is -0.125. The van der Waals surface area contributed by atoms with Gasteiger partial charge < -0.3 is 24.1 Å². The van der Waals surface area contributed by atoms with Gasteiger partial charge in [-0.1, -0.05) is 12.1 Å². The molecular weight excluding hydrogens is 396 g/mol. The Labute approximate surface area is 179 Å². The second kappa shape index (κ2) is 7.39. The predicted molar refractivity (Wildman–Crippen MR) is 116 cm³/mol. The first-order valence-electron chi connectivity index (χ1n) is 10.3. The Morgan fingerprint density at radius 2 is 1.81 bits per heavy atom. The van der Waals surface area contributed by atoms with E-state index in [9.17, 15) is 4.79 Å². The maximum Gasteiger partial charge on any atom is 0.177 e. The highest BCUT2D eigenvalue weighted by molar-refractivity contribution is 6.26. The summed E-state index contributed by atoms with van der Waals surface area (Å²) in [6.45, 7) is 0.924. The number of methoxy groups -OCH3 is 2. The van der Waals surface area contributed by atoms with Gasteiger partial charge in [0.05, 0.1) is 30.9 Å². The van der Waals surface area contributed by atoms with Crippen molar-refractivity contribution in [2.24, 2.45) is 0 Å². The molecule has 1 atom stereocenters. The number of aromatic amines is 1. The zero-order chi connectivity index (χ0) is 21.6. The fourth-order valence-corrected chi connectivity index (χ4v) is 4.71. The highest BCUT2D eigenvalue weighted by atomic mass is 16.5. The number of aromatic nitrogens is 2. The van der Waals surface area contributed by atoms with Crippen LogP contribution in [0, 0.1) is 5.41 Å². The lowest BCUT2D eigenvalue weighted by Gasteiger charge is -2.40. The Morgan fingerprint density at radius 3 is 2.45 bits per heavy atom. The molecule has 160 valence electrons. The van der Waals surface area contributed by atoms with E-state index in [2.05, 4.69) is 9.97 Å². The van der Waals surface area contributed by atoms with E-state index in [4.69, 9.17) is 19.6 Å². The van der Waals surface area contributed by atoms with E-state index in [-0.39, 0.29) is 11.6 Å². The minimum absolute atomic E-state index is 0.0263. The molecule has 0 radical (unpaired) electrons. The van der Waals surface area contributed by atoms with Crippen LogP contribution in [0.1, 0.15) is 24.6 Å². The third-order valence-electron chi connectivity index (χ3n) is 6.26. The largest absolute Gasteiger partial charge is 0.497 e. The number of hydrogen-bond acceptors (Lipinski definition) is 6. The van der Waals surface area contributed by atoms with E-state index >= 15 is 0 Å². The molecule has 0 amide bonds. The average Bonchev–Trinajstić information content (AvgIpc) is 3.30. The number of ketones is 1. The Bertz CT molecular complexity index is 1110. The number of hydrogen-bond donors (Lipinski definition) is 2. The molecule has 1 unspecified atom stereocenters. The first-order chi connectivity index (χ1) is 15.1. The Hall–Kier alpha value is -3.39. The molecule has 2 N–H and O–H groups in total. The van der Waals surface area contributed by atoms with Crippen LogP contribution in [0.3, 0.4) is 0 Å². The number of anilines is 1. The molecule has 1 aromatic heterocycles. The van der Waals surface area contributed by atoms with Crippen LogP contribution in [0.4, 0.5) is 5.69 Å². The summed E-state index contributed by atoms with van der Waals surface area (Å²) in [7, 11) is 3.17. The molecule has 8 heteroatoms. The normalized spacial score (nSPS) is 20.6. The summed E-state index contributed by atoms with van der Waals surface area (Å²) in [6, 6.07) is 13.1. The number of nitrogens with one attached hydrogen (secondary N) is 2. The average molecular weight is 420 g/mol. The monoisotopic (exact) mass is 420 g/mol. The lowest BCUT2D eigenvalue weighted by Crippen LogP contribution is -2.53. The number of carbonyl (C=O) groups is 1. The molecule has 31 heavy (non-hydrogen) atoms. The zero-order valence-electron chi connectivity index (χ0n) is 17.5. The molecule has 3 aromatic rings. The molecule has 0 saturated carbocycles. The van der Waals surface area contributed by atoms with Gasteiger partial charge in [-0.05, 0) is 12.1 Å². The van der Waals surface area contributed by atoms with Crippen molar-refractivity contribution in [1.29, 1.82) is 5.41 Å². The third kappa shape index (κ3) is 2.97. The number of rotatable bonds is 4. The highest BCUT2D eigenvalue weighted by Crippen LogP contribution is 2.46. The van der Waals surface area contributed by atoms with Crippen LogP contribution in [0.25, 0.3) is 11.0 Å². The van der Waals surface area contributed by atoms with E-state index in [0.29, 0.717) is 49.1 Å². The molecule has 3 heterocycles. The van der Waals surface area contributed by atoms with E-state index in [1.54, 1.807) is 20.3 Å². The van der Waals surface area contributed by atoms with Crippen LogP contribution in [-0.2, 0) is 9.53 Å². The van der Waals surface area contributed by atoms with Crippen molar-refractivity contribution in [3.05, 3.63) is 48.3 Å². The van der Waals surface area contributed by atoms with Gasteiger partial charge in [-0.3, -0.25) is 10.2 Å². The lowest BCUT2D eigenvalue weighted by atomic mass is 9.83. The number of ether oxygens (including phenoxy) is 3. The van der Waals surface area contributed by atoms with Crippen LogP contribution >= 0.6 is 0 Å². The predicted octanol–water partition coefficient (Wildman–Crippen LogP) is 3.28. The number of benzene rings is 2. The number of nitrogens with zero attached hydrogens (tertiary/aromatic N) is 2. The molecule has 1 spiro atoms. The SMILES string of the molecule is COc1cc(OC)cc(N2C(=N)C(c3nc4ccccc4[nH]3)C(=O)C23CCOCC3)c1. The second-order valence-corrected chi connectivity index (χ2v) is 7.87. The van der Waals surface area contributed by atoms with Crippen LogP contribution in [0.2, 0.25) is 0 Å². The van der Waals surface area contributed by atoms with E-state index < -0.39 is 11.5 Å². The summed E-state index contributed by atoms with van der Waals surface area (Å²) in [4.78, 5) is 23.6. The number of amidine groups is 1. The first kappa shape index (κ1) is 19.6. The molecule has 2 fully saturated rings. The topological polar surface area (TPSA) is 101 Å². The fourth-order valence-electron chi connectivity index (χ4n) is 4.71.